The van der Waals surface area contributed by atoms with Gasteiger partial charge in [0, 0.05) is 15.6 Å². The Morgan fingerprint density at radius 2 is 1.73 bits per heavy atom. The van der Waals surface area contributed by atoms with Gasteiger partial charge in [0.2, 0.25) is 10.0 Å². The highest BCUT2D eigenvalue weighted by atomic mass is 35.5. The predicted molar refractivity (Wildman–Crippen MR) is 90.0 cm³/mol. The summed E-state index contributed by atoms with van der Waals surface area (Å²) in [5.74, 6) is 0.279. The third-order valence-corrected chi connectivity index (χ3v) is 5.37. The van der Waals surface area contributed by atoms with Crippen molar-refractivity contribution < 1.29 is 8.42 Å². The predicted octanol–water partition coefficient (Wildman–Crippen LogP) is 4.21. The lowest BCUT2D eigenvalue weighted by molar-refractivity contribution is 0.590. The van der Waals surface area contributed by atoms with Crippen molar-refractivity contribution >= 4 is 44.3 Å². The van der Waals surface area contributed by atoms with Crippen LogP contribution in [0.3, 0.4) is 0 Å². The molecule has 0 saturated heterocycles. The molecular weight excluding hydrogens is 343 g/mol. The third kappa shape index (κ3) is 2.60. The molecule has 0 amide bonds. The minimum absolute atomic E-state index is 0.0331. The molecule has 0 aliphatic rings. The molecule has 0 unspecified atom stereocenters. The van der Waals surface area contributed by atoms with Gasteiger partial charge >= 0.3 is 0 Å². The van der Waals surface area contributed by atoms with Gasteiger partial charge in [0.25, 0.3) is 0 Å². The SMILES string of the molecule is CCS(=O)(=O)n1c(-c2cc(Cl)cc(Cl)c2)nc2ccccc21. The second kappa shape index (κ2) is 5.57. The van der Waals surface area contributed by atoms with Crippen molar-refractivity contribution in [2.45, 2.75) is 6.92 Å². The number of fused-ring (bicyclic) bond motifs is 1. The van der Waals surface area contributed by atoms with Gasteiger partial charge in [-0.25, -0.2) is 17.4 Å². The monoisotopic (exact) mass is 354 g/mol. The van der Waals surface area contributed by atoms with Crippen molar-refractivity contribution in [1.29, 1.82) is 0 Å². The Balaban J connectivity index is 2.41. The molecule has 0 radical (unpaired) electrons. The lowest BCUT2D eigenvalue weighted by Gasteiger charge is -2.09. The van der Waals surface area contributed by atoms with Crippen LogP contribution in [-0.4, -0.2) is 23.1 Å². The fourth-order valence-corrected chi connectivity index (χ4v) is 3.93. The van der Waals surface area contributed by atoms with E-state index in [0.717, 1.165) is 0 Å². The normalized spacial score (nSPS) is 12.0. The van der Waals surface area contributed by atoms with Crippen molar-refractivity contribution in [1.82, 2.24) is 8.96 Å². The summed E-state index contributed by atoms with van der Waals surface area (Å²) in [6, 6.07) is 12.0. The van der Waals surface area contributed by atoms with Gasteiger partial charge < -0.3 is 0 Å². The number of hydrogen-bond donors (Lipinski definition) is 0. The number of aromatic nitrogens is 2. The standard InChI is InChI=1S/C15H12Cl2N2O2S/c1-2-22(20,21)19-14-6-4-3-5-13(14)18-15(19)10-7-11(16)9-12(17)8-10/h3-9H,2H2,1H3. The summed E-state index contributed by atoms with van der Waals surface area (Å²) in [6.07, 6.45) is 0. The number of benzene rings is 2. The van der Waals surface area contributed by atoms with Gasteiger partial charge in [0.05, 0.1) is 16.8 Å². The molecule has 0 aliphatic heterocycles. The molecule has 0 saturated carbocycles. The topological polar surface area (TPSA) is 52.0 Å². The zero-order valence-corrected chi connectivity index (χ0v) is 14.0. The average Bonchev–Trinajstić information content (AvgIpc) is 2.86. The fraction of sp³-hybridized carbons (Fsp3) is 0.133. The Morgan fingerprint density at radius 3 is 2.36 bits per heavy atom. The first-order valence-electron chi connectivity index (χ1n) is 6.59. The molecule has 0 atom stereocenters. The first-order chi connectivity index (χ1) is 10.4. The highest BCUT2D eigenvalue weighted by Gasteiger charge is 2.21. The number of rotatable bonds is 3. The van der Waals surface area contributed by atoms with Crippen LogP contribution in [0.5, 0.6) is 0 Å². The van der Waals surface area contributed by atoms with E-state index < -0.39 is 10.0 Å². The van der Waals surface area contributed by atoms with Crippen LogP contribution >= 0.6 is 23.2 Å². The van der Waals surface area contributed by atoms with Gasteiger partial charge in [0.15, 0.2) is 5.82 Å². The van der Waals surface area contributed by atoms with E-state index in [4.69, 9.17) is 23.2 Å². The Morgan fingerprint density at radius 1 is 1.09 bits per heavy atom. The molecule has 0 aliphatic carbocycles. The van der Waals surface area contributed by atoms with Crippen molar-refractivity contribution in [3.8, 4) is 11.4 Å². The Labute approximate surface area is 138 Å². The van der Waals surface area contributed by atoms with Gasteiger partial charge in [-0.2, -0.15) is 0 Å². The summed E-state index contributed by atoms with van der Waals surface area (Å²) >= 11 is 12.1. The molecule has 4 nitrogen and oxygen atoms in total. The van der Waals surface area contributed by atoms with E-state index in [0.29, 0.717) is 32.5 Å². The molecule has 22 heavy (non-hydrogen) atoms. The smallest absolute Gasteiger partial charge is 0.227 e. The van der Waals surface area contributed by atoms with Gasteiger partial charge in [-0.15, -0.1) is 0 Å². The van der Waals surface area contributed by atoms with Gasteiger partial charge in [-0.05, 0) is 37.3 Å². The van der Waals surface area contributed by atoms with Crippen LogP contribution in [0.4, 0.5) is 0 Å². The molecule has 7 heteroatoms. The largest absolute Gasteiger partial charge is 0.240 e. The Bertz CT molecular complexity index is 945. The first kappa shape index (κ1) is 15.3. The summed E-state index contributed by atoms with van der Waals surface area (Å²) < 4.78 is 26.2. The second-order valence-electron chi connectivity index (χ2n) is 4.75. The summed E-state index contributed by atoms with van der Waals surface area (Å²) in [5.41, 5.74) is 1.70. The number of imidazole rings is 1. The number of halogens is 2. The third-order valence-electron chi connectivity index (χ3n) is 3.28. The van der Waals surface area contributed by atoms with E-state index in [2.05, 4.69) is 4.98 Å². The number of nitrogens with zero attached hydrogens (tertiary/aromatic N) is 2. The maximum atomic E-state index is 12.5. The molecule has 0 fully saturated rings. The van der Waals surface area contributed by atoms with E-state index in [1.165, 1.54) is 3.97 Å². The quantitative estimate of drug-likeness (QED) is 0.707. The highest BCUT2D eigenvalue weighted by molar-refractivity contribution is 7.90. The van der Waals surface area contributed by atoms with Crippen molar-refractivity contribution in [3.05, 3.63) is 52.5 Å². The Hall–Kier alpha value is -1.56. The average molecular weight is 355 g/mol. The molecular formula is C15H12Cl2N2O2S. The molecule has 3 rings (SSSR count). The molecule has 1 heterocycles. The fourth-order valence-electron chi connectivity index (χ4n) is 2.28. The molecule has 2 aromatic carbocycles. The van der Waals surface area contributed by atoms with Crippen LogP contribution in [0, 0.1) is 0 Å². The van der Waals surface area contributed by atoms with E-state index in [1.54, 1.807) is 43.3 Å². The zero-order chi connectivity index (χ0) is 15.9. The molecule has 0 N–H and O–H groups in total. The number of para-hydroxylation sites is 2. The van der Waals surface area contributed by atoms with Crippen molar-refractivity contribution in [2.24, 2.45) is 0 Å². The van der Waals surface area contributed by atoms with Crippen molar-refractivity contribution in [2.75, 3.05) is 5.75 Å². The van der Waals surface area contributed by atoms with Gasteiger partial charge in [-0.3, -0.25) is 0 Å². The van der Waals surface area contributed by atoms with Crippen LogP contribution in [-0.2, 0) is 10.0 Å². The minimum Gasteiger partial charge on any atom is -0.227 e. The molecule has 0 spiro atoms. The van der Waals surface area contributed by atoms with Crippen LogP contribution < -0.4 is 0 Å². The zero-order valence-electron chi connectivity index (χ0n) is 11.6. The molecule has 0 bridgehead atoms. The summed E-state index contributed by atoms with van der Waals surface area (Å²) in [6.45, 7) is 1.60. The molecule has 1 aromatic heterocycles. The first-order valence-corrected chi connectivity index (χ1v) is 8.96. The van der Waals surface area contributed by atoms with Gasteiger partial charge in [-0.1, -0.05) is 35.3 Å². The van der Waals surface area contributed by atoms with Crippen LogP contribution in [0.2, 0.25) is 10.0 Å². The van der Waals surface area contributed by atoms with Gasteiger partial charge in [0.1, 0.15) is 0 Å². The minimum atomic E-state index is -3.52. The summed E-state index contributed by atoms with van der Waals surface area (Å²) in [7, 11) is -3.52. The maximum absolute atomic E-state index is 12.5. The number of hydrogen-bond acceptors (Lipinski definition) is 3. The summed E-state index contributed by atoms with van der Waals surface area (Å²) in [4.78, 5) is 4.45. The maximum Gasteiger partial charge on any atom is 0.240 e. The van der Waals surface area contributed by atoms with Crippen LogP contribution in [0.1, 0.15) is 6.92 Å². The molecule has 3 aromatic rings. The Kier molecular flexibility index (Phi) is 3.89. The van der Waals surface area contributed by atoms with E-state index in [1.807, 2.05) is 6.07 Å². The van der Waals surface area contributed by atoms with Crippen LogP contribution in [0.15, 0.2) is 42.5 Å². The van der Waals surface area contributed by atoms with E-state index in [9.17, 15) is 8.42 Å². The summed E-state index contributed by atoms with van der Waals surface area (Å²) in [5, 5.41) is 0.852. The van der Waals surface area contributed by atoms with Crippen molar-refractivity contribution in [3.63, 3.8) is 0 Å². The highest BCUT2D eigenvalue weighted by Crippen LogP contribution is 2.30. The lowest BCUT2D eigenvalue weighted by Crippen LogP contribution is -2.16. The second-order valence-corrected chi connectivity index (χ2v) is 7.73. The van der Waals surface area contributed by atoms with E-state index >= 15 is 0 Å². The molecule has 114 valence electrons. The lowest BCUT2D eigenvalue weighted by atomic mass is 10.2. The van der Waals surface area contributed by atoms with Crippen LogP contribution in [0.25, 0.3) is 22.4 Å². The van der Waals surface area contributed by atoms with E-state index in [-0.39, 0.29) is 5.75 Å².